The van der Waals surface area contributed by atoms with E-state index in [9.17, 15) is 24.5 Å². The van der Waals surface area contributed by atoms with Crippen molar-refractivity contribution in [2.75, 3.05) is 19.0 Å². The van der Waals surface area contributed by atoms with Crippen molar-refractivity contribution in [1.29, 1.82) is 0 Å². The summed E-state index contributed by atoms with van der Waals surface area (Å²) in [6, 6.07) is 5.77. The van der Waals surface area contributed by atoms with Gasteiger partial charge in [-0.3, -0.25) is 24.7 Å². The third-order valence-electron chi connectivity index (χ3n) is 4.85. The molecule has 0 bridgehead atoms. The van der Waals surface area contributed by atoms with Crippen LogP contribution < -0.4 is 0 Å². The SMILES string of the molecule is CCOC(=O)C1=C(CSC(=O)CC)N=C(C)C(C(=O)OCC)C1c1cccc([N+](=O)[O-])c1. The number of hydrogen-bond acceptors (Lipinski definition) is 9. The highest BCUT2D eigenvalue weighted by atomic mass is 32.2. The number of nitro benzene ring substituents is 1. The molecule has 0 saturated carbocycles. The number of aliphatic imine (C=N–C) groups is 1. The van der Waals surface area contributed by atoms with Gasteiger partial charge in [-0.25, -0.2) is 4.79 Å². The quantitative estimate of drug-likeness (QED) is 0.308. The van der Waals surface area contributed by atoms with Crippen LogP contribution in [-0.4, -0.2) is 46.7 Å². The zero-order chi connectivity index (χ0) is 23.8. The van der Waals surface area contributed by atoms with Gasteiger partial charge in [0.2, 0.25) is 0 Å². The minimum Gasteiger partial charge on any atom is -0.465 e. The number of nitro groups is 1. The Labute approximate surface area is 190 Å². The molecule has 0 spiro atoms. The van der Waals surface area contributed by atoms with Crippen molar-refractivity contribution in [2.24, 2.45) is 10.9 Å². The van der Waals surface area contributed by atoms with Gasteiger partial charge < -0.3 is 9.47 Å². The molecule has 1 heterocycles. The number of thioether (sulfide) groups is 1. The van der Waals surface area contributed by atoms with Crippen molar-refractivity contribution < 1.29 is 28.8 Å². The van der Waals surface area contributed by atoms with Crippen LogP contribution in [0.25, 0.3) is 0 Å². The summed E-state index contributed by atoms with van der Waals surface area (Å²) in [5.74, 6) is -3.04. The highest BCUT2D eigenvalue weighted by Gasteiger charge is 2.43. The molecule has 1 aliphatic heterocycles. The van der Waals surface area contributed by atoms with E-state index in [4.69, 9.17) is 9.47 Å². The highest BCUT2D eigenvalue weighted by molar-refractivity contribution is 8.13. The minimum absolute atomic E-state index is 0.0759. The molecular formula is C22H26N2O7S. The number of esters is 2. The van der Waals surface area contributed by atoms with Gasteiger partial charge in [-0.2, -0.15) is 0 Å². The Hall–Kier alpha value is -3.01. The zero-order valence-corrected chi connectivity index (χ0v) is 19.3. The number of ether oxygens (including phenoxy) is 2. The topological polar surface area (TPSA) is 125 Å². The summed E-state index contributed by atoms with van der Waals surface area (Å²) in [7, 11) is 0. The number of non-ortho nitro benzene ring substituents is 1. The number of carbonyl (C=O) groups is 3. The van der Waals surface area contributed by atoms with Gasteiger partial charge >= 0.3 is 11.9 Å². The lowest BCUT2D eigenvalue weighted by molar-refractivity contribution is -0.384. The Kier molecular flexibility index (Phi) is 9.13. The van der Waals surface area contributed by atoms with Crippen molar-refractivity contribution >= 4 is 40.2 Å². The van der Waals surface area contributed by atoms with E-state index in [-0.39, 0.29) is 35.3 Å². The lowest BCUT2D eigenvalue weighted by Crippen LogP contribution is -2.37. The summed E-state index contributed by atoms with van der Waals surface area (Å²) in [4.78, 5) is 53.1. The van der Waals surface area contributed by atoms with Gasteiger partial charge in [0.15, 0.2) is 5.12 Å². The standard InChI is InChI=1S/C22H26N2O7S/c1-5-17(25)32-12-16-20(22(27)31-7-3)19(14-9-8-10-15(11-14)24(28)29)18(13(4)23-16)21(26)30-6-2/h8-11,18-19H,5-7,12H2,1-4H3. The van der Waals surface area contributed by atoms with Crippen LogP contribution in [0.15, 0.2) is 40.5 Å². The molecule has 0 amide bonds. The molecule has 0 radical (unpaired) electrons. The third-order valence-corrected chi connectivity index (χ3v) is 5.88. The summed E-state index contributed by atoms with van der Waals surface area (Å²) < 4.78 is 10.5. The van der Waals surface area contributed by atoms with E-state index in [1.807, 2.05) is 0 Å². The van der Waals surface area contributed by atoms with Crippen LogP contribution in [0, 0.1) is 16.0 Å². The first-order chi connectivity index (χ1) is 15.2. The van der Waals surface area contributed by atoms with Gasteiger partial charge in [-0.05, 0) is 26.3 Å². The minimum atomic E-state index is -0.966. The van der Waals surface area contributed by atoms with Crippen LogP contribution in [0.5, 0.6) is 0 Å². The van der Waals surface area contributed by atoms with Crippen LogP contribution in [0.1, 0.15) is 45.6 Å². The van der Waals surface area contributed by atoms with E-state index < -0.39 is 28.7 Å². The van der Waals surface area contributed by atoms with Gasteiger partial charge in [0.25, 0.3) is 5.69 Å². The van der Waals surface area contributed by atoms with E-state index in [1.165, 1.54) is 18.2 Å². The van der Waals surface area contributed by atoms with Crippen molar-refractivity contribution in [3.8, 4) is 0 Å². The van der Waals surface area contributed by atoms with Crippen molar-refractivity contribution in [2.45, 2.75) is 40.0 Å². The number of nitrogens with zero attached hydrogens (tertiary/aromatic N) is 2. The summed E-state index contributed by atoms with van der Waals surface area (Å²) in [6.07, 6.45) is 0.315. The highest BCUT2D eigenvalue weighted by Crippen LogP contribution is 2.41. The average molecular weight is 463 g/mol. The Morgan fingerprint density at radius 2 is 1.84 bits per heavy atom. The third kappa shape index (κ3) is 5.82. The predicted octanol–water partition coefficient (Wildman–Crippen LogP) is 3.82. The molecule has 0 N–H and O–H groups in total. The molecule has 32 heavy (non-hydrogen) atoms. The monoisotopic (exact) mass is 462 g/mol. The molecule has 0 aromatic heterocycles. The van der Waals surface area contributed by atoms with Crippen molar-refractivity contribution in [3.05, 3.63) is 51.2 Å². The van der Waals surface area contributed by atoms with Gasteiger partial charge in [-0.1, -0.05) is 30.8 Å². The molecule has 9 nitrogen and oxygen atoms in total. The fourth-order valence-corrected chi connectivity index (χ4v) is 4.20. The van der Waals surface area contributed by atoms with Crippen LogP contribution >= 0.6 is 11.8 Å². The Morgan fingerprint density at radius 3 is 2.44 bits per heavy atom. The molecule has 1 aromatic rings. The fourth-order valence-electron chi connectivity index (χ4n) is 3.47. The molecule has 0 fully saturated rings. The van der Waals surface area contributed by atoms with Crippen LogP contribution in [0.4, 0.5) is 5.69 Å². The van der Waals surface area contributed by atoms with Gasteiger partial charge in [0.05, 0.1) is 29.4 Å². The molecule has 0 aliphatic carbocycles. The molecule has 1 aromatic carbocycles. The zero-order valence-electron chi connectivity index (χ0n) is 18.5. The molecule has 172 valence electrons. The number of carbonyl (C=O) groups excluding carboxylic acids is 3. The van der Waals surface area contributed by atoms with E-state index in [0.29, 0.717) is 23.4 Å². The lowest BCUT2D eigenvalue weighted by Gasteiger charge is -2.32. The maximum Gasteiger partial charge on any atom is 0.336 e. The smallest absolute Gasteiger partial charge is 0.336 e. The Bertz CT molecular complexity index is 971. The second-order valence-electron chi connectivity index (χ2n) is 6.91. The van der Waals surface area contributed by atoms with Crippen LogP contribution in [0.3, 0.4) is 0 Å². The molecule has 1 aliphatic rings. The average Bonchev–Trinajstić information content (AvgIpc) is 2.76. The molecule has 0 saturated heterocycles. The lowest BCUT2D eigenvalue weighted by atomic mass is 9.75. The second-order valence-corrected chi connectivity index (χ2v) is 7.94. The number of hydrogen-bond donors (Lipinski definition) is 0. The van der Waals surface area contributed by atoms with Gasteiger partial charge in [-0.15, -0.1) is 0 Å². The maximum atomic E-state index is 13.0. The van der Waals surface area contributed by atoms with Crippen LogP contribution in [-0.2, 0) is 23.9 Å². The van der Waals surface area contributed by atoms with E-state index in [2.05, 4.69) is 4.99 Å². The predicted molar refractivity (Wildman–Crippen MR) is 120 cm³/mol. The Balaban J connectivity index is 2.72. The number of benzene rings is 1. The number of rotatable bonds is 9. The van der Waals surface area contributed by atoms with E-state index in [0.717, 1.165) is 11.8 Å². The van der Waals surface area contributed by atoms with E-state index in [1.54, 1.807) is 33.8 Å². The summed E-state index contributed by atoms with van der Waals surface area (Å²) >= 11 is 1.01. The molecule has 2 unspecified atom stereocenters. The van der Waals surface area contributed by atoms with Crippen molar-refractivity contribution in [3.63, 3.8) is 0 Å². The largest absolute Gasteiger partial charge is 0.465 e. The first-order valence-corrected chi connectivity index (χ1v) is 11.3. The molecule has 2 atom stereocenters. The van der Waals surface area contributed by atoms with Crippen LogP contribution in [0.2, 0.25) is 0 Å². The van der Waals surface area contributed by atoms with E-state index >= 15 is 0 Å². The summed E-state index contributed by atoms with van der Waals surface area (Å²) in [5.41, 5.74) is 1.02. The molecular weight excluding hydrogens is 436 g/mol. The van der Waals surface area contributed by atoms with Crippen molar-refractivity contribution in [1.82, 2.24) is 0 Å². The second kappa shape index (κ2) is 11.6. The molecule has 2 rings (SSSR count). The normalized spacial score (nSPS) is 18.1. The fraction of sp³-hybridized carbons (Fsp3) is 0.455. The first kappa shape index (κ1) is 25.3. The Morgan fingerprint density at radius 1 is 1.16 bits per heavy atom. The summed E-state index contributed by atoms with van der Waals surface area (Å²) in [6.45, 7) is 6.89. The molecule has 10 heteroatoms. The first-order valence-electron chi connectivity index (χ1n) is 10.3. The van der Waals surface area contributed by atoms with Gasteiger partial charge in [0, 0.05) is 35.9 Å². The summed E-state index contributed by atoms with van der Waals surface area (Å²) in [5, 5.41) is 11.3. The van der Waals surface area contributed by atoms with Gasteiger partial charge in [0.1, 0.15) is 5.92 Å². The maximum absolute atomic E-state index is 13.0.